The minimum atomic E-state index is -1.67. The first kappa shape index (κ1) is 13.6. The number of benzene rings is 1. The van der Waals surface area contributed by atoms with Gasteiger partial charge in [-0.15, -0.1) is 0 Å². The van der Waals surface area contributed by atoms with Gasteiger partial charge in [0.15, 0.2) is 0 Å². The summed E-state index contributed by atoms with van der Waals surface area (Å²) >= 11 is 0. The maximum absolute atomic E-state index is 13.0. The second kappa shape index (κ2) is 5.26. The third-order valence-electron chi connectivity index (χ3n) is 2.26. The number of nitrogens with two attached hydrogens (primary N) is 1. The number of hydrogen-bond acceptors (Lipinski definition) is 3. The standard InChI is InChI=1S/C11H11FN2O4/c1-2-14(10(16)11(17)18)8-4-3-6(12)5-7(8)9(13)15/h3-5H,2H2,1H3,(H2,13,15)(H,17,18). The van der Waals surface area contributed by atoms with E-state index < -0.39 is 23.6 Å². The Balaban J connectivity index is 3.33. The molecule has 0 fully saturated rings. The van der Waals surface area contributed by atoms with Crippen molar-refractivity contribution in [2.24, 2.45) is 5.73 Å². The maximum atomic E-state index is 13.0. The molecule has 6 nitrogen and oxygen atoms in total. The number of likely N-dealkylation sites (N-methyl/N-ethyl adjacent to an activating group) is 1. The molecule has 0 saturated heterocycles. The number of carboxylic acid groups (broad SMARTS) is 1. The number of nitrogens with zero attached hydrogens (tertiary/aromatic N) is 1. The molecule has 0 spiro atoms. The van der Waals surface area contributed by atoms with Gasteiger partial charge in [0, 0.05) is 6.54 Å². The topological polar surface area (TPSA) is 101 Å². The Morgan fingerprint density at radius 2 is 2.00 bits per heavy atom. The molecule has 0 heterocycles. The lowest BCUT2D eigenvalue weighted by Crippen LogP contribution is -2.37. The molecule has 7 heteroatoms. The number of anilines is 1. The summed E-state index contributed by atoms with van der Waals surface area (Å²) in [5.74, 6) is -4.53. The van der Waals surface area contributed by atoms with Crippen LogP contribution in [-0.2, 0) is 9.59 Å². The number of hydrogen-bond donors (Lipinski definition) is 2. The van der Waals surface area contributed by atoms with E-state index in [4.69, 9.17) is 10.8 Å². The van der Waals surface area contributed by atoms with E-state index >= 15 is 0 Å². The van der Waals surface area contributed by atoms with Gasteiger partial charge in [-0.3, -0.25) is 9.59 Å². The van der Waals surface area contributed by atoms with Crippen molar-refractivity contribution in [1.82, 2.24) is 0 Å². The van der Waals surface area contributed by atoms with Gasteiger partial charge in [-0.25, -0.2) is 9.18 Å². The fourth-order valence-corrected chi connectivity index (χ4v) is 1.48. The number of aliphatic carboxylic acids is 1. The molecular formula is C11H11FN2O4. The van der Waals surface area contributed by atoms with E-state index in [0.29, 0.717) is 0 Å². The van der Waals surface area contributed by atoms with Crippen LogP contribution in [-0.4, -0.2) is 29.4 Å². The Kier molecular flexibility index (Phi) is 3.98. The number of primary amides is 1. The molecule has 1 rings (SSSR count). The lowest BCUT2D eigenvalue weighted by atomic mass is 10.1. The molecule has 0 radical (unpaired) electrons. The molecule has 18 heavy (non-hydrogen) atoms. The molecule has 0 aromatic heterocycles. The van der Waals surface area contributed by atoms with Crippen LogP contribution >= 0.6 is 0 Å². The van der Waals surface area contributed by atoms with Crippen LogP contribution in [0.15, 0.2) is 18.2 Å². The van der Waals surface area contributed by atoms with Crippen LogP contribution in [0, 0.1) is 5.82 Å². The molecular weight excluding hydrogens is 243 g/mol. The first-order valence-electron chi connectivity index (χ1n) is 5.02. The fourth-order valence-electron chi connectivity index (χ4n) is 1.48. The Morgan fingerprint density at radius 1 is 1.39 bits per heavy atom. The zero-order valence-electron chi connectivity index (χ0n) is 9.51. The second-order valence-electron chi connectivity index (χ2n) is 3.38. The van der Waals surface area contributed by atoms with Crippen molar-refractivity contribution in [2.45, 2.75) is 6.92 Å². The summed E-state index contributed by atoms with van der Waals surface area (Å²) in [6.07, 6.45) is 0. The summed E-state index contributed by atoms with van der Waals surface area (Å²) in [7, 11) is 0. The van der Waals surface area contributed by atoms with Crippen molar-refractivity contribution in [3.8, 4) is 0 Å². The van der Waals surface area contributed by atoms with Crippen LogP contribution in [0.2, 0.25) is 0 Å². The minimum absolute atomic E-state index is 0.0110. The Morgan fingerprint density at radius 3 is 2.44 bits per heavy atom. The summed E-state index contributed by atoms with van der Waals surface area (Å²) in [5, 5.41) is 8.65. The van der Waals surface area contributed by atoms with E-state index in [9.17, 15) is 18.8 Å². The van der Waals surface area contributed by atoms with Crippen molar-refractivity contribution in [3.63, 3.8) is 0 Å². The highest BCUT2D eigenvalue weighted by Crippen LogP contribution is 2.21. The highest BCUT2D eigenvalue weighted by molar-refractivity contribution is 6.37. The monoisotopic (exact) mass is 254 g/mol. The molecule has 0 atom stereocenters. The van der Waals surface area contributed by atoms with Crippen molar-refractivity contribution in [1.29, 1.82) is 0 Å². The predicted octanol–water partition coefficient (Wildman–Crippen LogP) is 0.362. The summed E-state index contributed by atoms with van der Waals surface area (Å²) < 4.78 is 13.0. The van der Waals surface area contributed by atoms with E-state index in [-0.39, 0.29) is 17.8 Å². The summed E-state index contributed by atoms with van der Waals surface area (Å²) in [6, 6.07) is 3.01. The van der Waals surface area contributed by atoms with Gasteiger partial charge in [0.25, 0.3) is 5.91 Å². The molecule has 0 aliphatic rings. The Labute approximate surface area is 102 Å². The van der Waals surface area contributed by atoms with Crippen LogP contribution in [0.1, 0.15) is 17.3 Å². The smallest absolute Gasteiger partial charge is 0.394 e. The molecule has 3 N–H and O–H groups in total. The zero-order valence-corrected chi connectivity index (χ0v) is 9.51. The quantitative estimate of drug-likeness (QED) is 0.760. The van der Waals surface area contributed by atoms with Crippen molar-refractivity contribution in [3.05, 3.63) is 29.6 Å². The summed E-state index contributed by atoms with van der Waals surface area (Å²) in [6.45, 7) is 1.53. The normalized spacial score (nSPS) is 9.89. The van der Waals surface area contributed by atoms with Gasteiger partial charge < -0.3 is 15.7 Å². The zero-order chi connectivity index (χ0) is 13.9. The molecule has 96 valence electrons. The molecule has 0 bridgehead atoms. The fraction of sp³-hybridized carbons (Fsp3) is 0.182. The van der Waals surface area contributed by atoms with Crippen LogP contribution in [0.25, 0.3) is 0 Å². The highest BCUT2D eigenvalue weighted by atomic mass is 19.1. The molecule has 0 unspecified atom stereocenters. The third kappa shape index (κ3) is 2.62. The number of halogens is 1. The van der Waals surface area contributed by atoms with Crippen molar-refractivity contribution in [2.75, 3.05) is 11.4 Å². The van der Waals surface area contributed by atoms with Crippen LogP contribution < -0.4 is 10.6 Å². The SMILES string of the molecule is CCN(C(=O)C(=O)O)c1ccc(F)cc1C(N)=O. The number of amides is 2. The molecule has 0 aliphatic carbocycles. The van der Waals surface area contributed by atoms with Gasteiger partial charge in [-0.05, 0) is 25.1 Å². The minimum Gasteiger partial charge on any atom is -0.474 e. The average molecular weight is 254 g/mol. The van der Waals surface area contributed by atoms with Crippen molar-refractivity contribution < 1.29 is 23.9 Å². The van der Waals surface area contributed by atoms with Gasteiger partial charge in [0.1, 0.15) is 5.82 Å². The van der Waals surface area contributed by atoms with Crippen molar-refractivity contribution >= 4 is 23.5 Å². The van der Waals surface area contributed by atoms with Gasteiger partial charge in [0.2, 0.25) is 0 Å². The molecule has 1 aromatic rings. The van der Waals surface area contributed by atoms with Gasteiger partial charge in [0.05, 0.1) is 11.3 Å². The van der Waals surface area contributed by atoms with Gasteiger partial charge >= 0.3 is 11.9 Å². The molecule has 0 saturated carbocycles. The maximum Gasteiger partial charge on any atom is 0.394 e. The molecule has 2 amide bonds. The Hall–Kier alpha value is -2.44. The van der Waals surface area contributed by atoms with E-state index in [1.54, 1.807) is 0 Å². The summed E-state index contributed by atoms with van der Waals surface area (Å²) in [5.41, 5.74) is 4.79. The number of carbonyl (C=O) groups excluding carboxylic acids is 2. The van der Waals surface area contributed by atoms with E-state index in [2.05, 4.69) is 0 Å². The van der Waals surface area contributed by atoms with E-state index in [1.165, 1.54) is 6.92 Å². The van der Waals surface area contributed by atoms with Crippen LogP contribution in [0.3, 0.4) is 0 Å². The average Bonchev–Trinajstić information content (AvgIpc) is 2.31. The van der Waals surface area contributed by atoms with Crippen LogP contribution in [0.4, 0.5) is 10.1 Å². The number of carbonyl (C=O) groups is 3. The van der Waals surface area contributed by atoms with E-state index in [0.717, 1.165) is 23.1 Å². The van der Waals surface area contributed by atoms with Crippen LogP contribution in [0.5, 0.6) is 0 Å². The predicted molar refractivity (Wildman–Crippen MR) is 60.6 cm³/mol. The molecule has 0 aliphatic heterocycles. The Bertz CT molecular complexity index is 516. The first-order valence-corrected chi connectivity index (χ1v) is 5.02. The first-order chi connectivity index (χ1) is 8.38. The second-order valence-corrected chi connectivity index (χ2v) is 3.38. The van der Waals surface area contributed by atoms with Gasteiger partial charge in [-0.2, -0.15) is 0 Å². The van der Waals surface area contributed by atoms with E-state index in [1.807, 2.05) is 0 Å². The lowest BCUT2D eigenvalue weighted by molar-refractivity contribution is -0.148. The molecule has 1 aromatic carbocycles. The summed E-state index contributed by atoms with van der Waals surface area (Å²) in [4.78, 5) is 34.0. The highest BCUT2D eigenvalue weighted by Gasteiger charge is 2.24. The number of rotatable bonds is 3. The number of carboxylic acids is 1. The third-order valence-corrected chi connectivity index (χ3v) is 2.26. The lowest BCUT2D eigenvalue weighted by Gasteiger charge is -2.20. The largest absolute Gasteiger partial charge is 0.474 e. The van der Waals surface area contributed by atoms with Gasteiger partial charge in [-0.1, -0.05) is 0 Å².